The molecule has 0 bridgehead atoms. The number of aromatic nitrogens is 1. The molecule has 18 heavy (non-hydrogen) atoms. The third-order valence-corrected chi connectivity index (χ3v) is 2.95. The average Bonchev–Trinajstić information content (AvgIpc) is 2.38. The maximum Gasteiger partial charge on any atom is 0.335 e. The Morgan fingerprint density at radius 3 is 3.06 bits per heavy atom. The molecule has 1 saturated heterocycles. The van der Waals surface area contributed by atoms with Gasteiger partial charge in [-0.1, -0.05) is 11.6 Å². The zero-order chi connectivity index (χ0) is 13.1. The molecular weight excluding hydrogens is 260 g/mol. The smallest absolute Gasteiger partial charge is 0.335 e. The molecule has 98 valence electrons. The SMILES string of the molecule is O=C(O)c1cc(Cl)nc(N2CCOCC2CO)c1. The highest BCUT2D eigenvalue weighted by atomic mass is 35.5. The van der Waals surface area contributed by atoms with Crippen LogP contribution in [0.2, 0.25) is 5.15 Å². The number of nitrogens with zero attached hydrogens (tertiary/aromatic N) is 2. The molecule has 1 atom stereocenters. The molecule has 1 fully saturated rings. The number of rotatable bonds is 3. The van der Waals surface area contributed by atoms with Gasteiger partial charge in [-0.3, -0.25) is 0 Å². The van der Waals surface area contributed by atoms with E-state index in [4.69, 9.17) is 21.4 Å². The minimum absolute atomic E-state index is 0.0770. The first kappa shape index (κ1) is 13.1. The van der Waals surface area contributed by atoms with Crippen molar-refractivity contribution < 1.29 is 19.7 Å². The molecular formula is C11H13ClN2O4. The summed E-state index contributed by atoms with van der Waals surface area (Å²) in [5, 5.41) is 18.4. The lowest BCUT2D eigenvalue weighted by molar-refractivity contribution is 0.0696. The molecule has 0 aromatic carbocycles. The summed E-state index contributed by atoms with van der Waals surface area (Å²) in [6.45, 7) is 1.34. The second-order valence-corrected chi connectivity index (χ2v) is 4.33. The van der Waals surface area contributed by atoms with Crippen molar-refractivity contribution >= 4 is 23.4 Å². The largest absolute Gasteiger partial charge is 0.478 e. The van der Waals surface area contributed by atoms with Gasteiger partial charge in [0, 0.05) is 6.54 Å². The van der Waals surface area contributed by atoms with E-state index >= 15 is 0 Å². The van der Waals surface area contributed by atoms with E-state index in [1.165, 1.54) is 12.1 Å². The fraction of sp³-hybridized carbons (Fsp3) is 0.455. The van der Waals surface area contributed by atoms with Crippen LogP contribution in [0.3, 0.4) is 0 Å². The lowest BCUT2D eigenvalue weighted by atomic mass is 10.2. The number of aromatic carboxylic acids is 1. The van der Waals surface area contributed by atoms with E-state index in [2.05, 4.69) is 4.98 Å². The fourth-order valence-corrected chi connectivity index (χ4v) is 2.07. The molecule has 1 aliphatic heterocycles. The van der Waals surface area contributed by atoms with Gasteiger partial charge in [0.15, 0.2) is 0 Å². The van der Waals surface area contributed by atoms with Gasteiger partial charge in [0.1, 0.15) is 11.0 Å². The first-order valence-corrected chi connectivity index (χ1v) is 5.85. The molecule has 6 nitrogen and oxygen atoms in total. The van der Waals surface area contributed by atoms with Crippen LogP contribution in [-0.2, 0) is 4.74 Å². The fourth-order valence-electron chi connectivity index (χ4n) is 1.86. The highest BCUT2D eigenvalue weighted by Crippen LogP contribution is 2.21. The number of aliphatic hydroxyl groups is 1. The third-order valence-electron chi connectivity index (χ3n) is 2.76. The van der Waals surface area contributed by atoms with Crippen LogP contribution in [0, 0.1) is 0 Å². The summed E-state index contributed by atoms with van der Waals surface area (Å²) in [6, 6.07) is 2.51. The zero-order valence-electron chi connectivity index (χ0n) is 9.54. The van der Waals surface area contributed by atoms with E-state index in [0.717, 1.165) is 0 Å². The molecule has 0 amide bonds. The molecule has 7 heteroatoms. The minimum atomic E-state index is -1.06. The van der Waals surface area contributed by atoms with Gasteiger partial charge in [0.05, 0.1) is 31.4 Å². The van der Waals surface area contributed by atoms with Crippen LogP contribution >= 0.6 is 11.6 Å². The van der Waals surface area contributed by atoms with Crippen molar-refractivity contribution in [3.63, 3.8) is 0 Å². The van der Waals surface area contributed by atoms with Crippen molar-refractivity contribution in [3.05, 3.63) is 22.8 Å². The number of morpholine rings is 1. The molecule has 0 radical (unpaired) electrons. The molecule has 1 unspecified atom stereocenters. The number of pyridine rings is 1. The van der Waals surface area contributed by atoms with Gasteiger partial charge in [0.2, 0.25) is 0 Å². The maximum absolute atomic E-state index is 11.0. The van der Waals surface area contributed by atoms with Crippen LogP contribution in [0.15, 0.2) is 12.1 Å². The van der Waals surface area contributed by atoms with Crippen molar-refractivity contribution in [1.29, 1.82) is 0 Å². The van der Waals surface area contributed by atoms with Gasteiger partial charge in [-0.05, 0) is 12.1 Å². The van der Waals surface area contributed by atoms with E-state index in [0.29, 0.717) is 25.6 Å². The Morgan fingerprint density at radius 1 is 1.61 bits per heavy atom. The minimum Gasteiger partial charge on any atom is -0.478 e. The van der Waals surface area contributed by atoms with Gasteiger partial charge in [-0.25, -0.2) is 9.78 Å². The summed E-state index contributed by atoms with van der Waals surface area (Å²) in [6.07, 6.45) is 0. The predicted molar refractivity (Wildman–Crippen MR) is 65.2 cm³/mol. The number of aliphatic hydroxyl groups excluding tert-OH is 1. The quantitative estimate of drug-likeness (QED) is 0.786. The maximum atomic E-state index is 11.0. The molecule has 2 rings (SSSR count). The van der Waals surface area contributed by atoms with Crippen molar-refractivity contribution in [2.45, 2.75) is 6.04 Å². The van der Waals surface area contributed by atoms with Crippen molar-refractivity contribution in [2.75, 3.05) is 31.3 Å². The summed E-state index contributed by atoms with van der Waals surface area (Å²) in [5.41, 5.74) is 0.0770. The van der Waals surface area contributed by atoms with Crippen LogP contribution < -0.4 is 4.90 Å². The van der Waals surface area contributed by atoms with E-state index in [9.17, 15) is 9.90 Å². The Bertz CT molecular complexity index is 455. The Labute approximate surface area is 109 Å². The van der Waals surface area contributed by atoms with Crippen LogP contribution in [0.5, 0.6) is 0 Å². The van der Waals surface area contributed by atoms with Crippen LogP contribution in [0.1, 0.15) is 10.4 Å². The lowest BCUT2D eigenvalue weighted by Crippen LogP contribution is -2.48. The number of halogens is 1. The zero-order valence-corrected chi connectivity index (χ0v) is 10.3. The summed E-state index contributed by atoms with van der Waals surface area (Å²) in [5.74, 6) is -0.614. The van der Waals surface area contributed by atoms with Gasteiger partial charge in [0.25, 0.3) is 0 Å². The summed E-state index contributed by atoms with van der Waals surface area (Å²) >= 11 is 5.81. The number of carboxylic acids is 1. The van der Waals surface area contributed by atoms with E-state index < -0.39 is 5.97 Å². The van der Waals surface area contributed by atoms with Crippen LogP contribution in [-0.4, -0.2) is 53.6 Å². The second kappa shape index (κ2) is 5.51. The number of ether oxygens (including phenoxy) is 1. The first-order chi connectivity index (χ1) is 8.61. The van der Waals surface area contributed by atoms with Crippen molar-refractivity contribution in [3.8, 4) is 0 Å². The van der Waals surface area contributed by atoms with Crippen molar-refractivity contribution in [2.24, 2.45) is 0 Å². The molecule has 1 aromatic heterocycles. The standard InChI is InChI=1S/C11H13ClN2O4/c12-9-3-7(11(16)17)4-10(13-9)14-1-2-18-6-8(14)5-15/h3-4,8,15H,1-2,5-6H2,(H,16,17). The Kier molecular flexibility index (Phi) is 4.00. The van der Waals surface area contributed by atoms with Gasteiger partial charge in [-0.15, -0.1) is 0 Å². The number of hydrogen-bond acceptors (Lipinski definition) is 5. The highest BCUT2D eigenvalue weighted by molar-refractivity contribution is 6.29. The molecule has 0 spiro atoms. The first-order valence-electron chi connectivity index (χ1n) is 5.48. The topological polar surface area (TPSA) is 82.9 Å². The van der Waals surface area contributed by atoms with E-state index in [-0.39, 0.29) is 23.4 Å². The monoisotopic (exact) mass is 272 g/mol. The average molecular weight is 273 g/mol. The molecule has 1 aliphatic rings. The highest BCUT2D eigenvalue weighted by Gasteiger charge is 2.24. The summed E-state index contributed by atoms with van der Waals surface area (Å²) in [7, 11) is 0. The van der Waals surface area contributed by atoms with Gasteiger partial charge >= 0.3 is 5.97 Å². The van der Waals surface area contributed by atoms with Crippen LogP contribution in [0.25, 0.3) is 0 Å². The normalized spacial score (nSPS) is 19.9. The number of carboxylic acid groups (broad SMARTS) is 1. The summed E-state index contributed by atoms with van der Waals surface area (Å²) in [4.78, 5) is 16.9. The Hall–Kier alpha value is -1.37. The van der Waals surface area contributed by atoms with Crippen LogP contribution in [0.4, 0.5) is 5.82 Å². The Morgan fingerprint density at radius 2 is 2.39 bits per heavy atom. The molecule has 0 saturated carbocycles. The molecule has 2 heterocycles. The van der Waals surface area contributed by atoms with Gasteiger partial charge in [-0.2, -0.15) is 0 Å². The molecule has 1 aromatic rings. The molecule has 2 N–H and O–H groups in total. The second-order valence-electron chi connectivity index (χ2n) is 3.95. The lowest BCUT2D eigenvalue weighted by Gasteiger charge is -2.35. The Balaban J connectivity index is 2.33. The van der Waals surface area contributed by atoms with E-state index in [1.54, 1.807) is 0 Å². The number of hydrogen-bond donors (Lipinski definition) is 2. The van der Waals surface area contributed by atoms with Crippen molar-refractivity contribution in [1.82, 2.24) is 4.98 Å². The summed E-state index contributed by atoms with van der Waals surface area (Å²) < 4.78 is 5.25. The van der Waals surface area contributed by atoms with E-state index in [1.807, 2.05) is 4.90 Å². The third kappa shape index (κ3) is 2.72. The predicted octanol–water partition coefficient (Wildman–Crippen LogP) is 0.631. The number of anilines is 1. The van der Waals surface area contributed by atoms with Gasteiger partial charge < -0.3 is 19.8 Å². The molecule has 0 aliphatic carbocycles. The number of carbonyl (C=O) groups is 1.